The van der Waals surface area contributed by atoms with Crippen LogP contribution in [-0.4, -0.2) is 9.97 Å². The van der Waals surface area contributed by atoms with Gasteiger partial charge in [0.2, 0.25) is 0 Å². The largest absolute Gasteiger partial charge is 0.383 e. The lowest BCUT2D eigenvalue weighted by Crippen LogP contribution is -2.36. The predicted octanol–water partition coefficient (Wildman–Crippen LogP) is -0.0640. The van der Waals surface area contributed by atoms with Gasteiger partial charge in [-0.25, -0.2) is 4.98 Å². The fourth-order valence-electron chi connectivity index (χ4n) is 0.914. The van der Waals surface area contributed by atoms with Gasteiger partial charge in [0.25, 0.3) is 5.56 Å². The number of hydrogen-bond acceptors (Lipinski definition) is 4. The smallest absolute Gasteiger partial charge is 0.253 e. The quantitative estimate of drug-likeness (QED) is 0.596. The SMILES string of the molecule is CC[C@](C)(N)c1nc(N)cc(=O)[nH]1. The van der Waals surface area contributed by atoms with Crippen LogP contribution < -0.4 is 17.0 Å². The lowest BCUT2D eigenvalue weighted by Gasteiger charge is -2.21. The van der Waals surface area contributed by atoms with Crippen molar-refractivity contribution in [3.8, 4) is 0 Å². The van der Waals surface area contributed by atoms with E-state index in [-0.39, 0.29) is 11.4 Å². The van der Waals surface area contributed by atoms with Crippen molar-refractivity contribution in [2.45, 2.75) is 25.8 Å². The molecule has 1 atom stereocenters. The topological polar surface area (TPSA) is 97.8 Å². The van der Waals surface area contributed by atoms with Crippen LogP contribution in [0.25, 0.3) is 0 Å². The summed E-state index contributed by atoms with van der Waals surface area (Å²) in [6.07, 6.45) is 0.680. The molecule has 0 fully saturated rings. The molecule has 1 rings (SSSR count). The molecule has 0 spiro atoms. The number of rotatable bonds is 2. The molecule has 5 N–H and O–H groups in total. The molecule has 0 unspecified atom stereocenters. The molecular formula is C8H14N4O. The van der Waals surface area contributed by atoms with Crippen LogP contribution in [0.5, 0.6) is 0 Å². The van der Waals surface area contributed by atoms with Crippen molar-refractivity contribution >= 4 is 5.82 Å². The lowest BCUT2D eigenvalue weighted by atomic mass is 10.00. The Bertz CT molecular complexity index is 355. The molecule has 5 heteroatoms. The summed E-state index contributed by atoms with van der Waals surface area (Å²) in [4.78, 5) is 17.6. The van der Waals surface area contributed by atoms with Gasteiger partial charge in [-0.15, -0.1) is 0 Å². The molecule has 0 saturated carbocycles. The van der Waals surface area contributed by atoms with Crippen LogP contribution in [0.1, 0.15) is 26.1 Å². The molecule has 0 saturated heterocycles. The number of nitrogens with one attached hydrogen (secondary N) is 1. The van der Waals surface area contributed by atoms with Crippen LogP contribution >= 0.6 is 0 Å². The first kappa shape index (κ1) is 9.73. The highest BCUT2D eigenvalue weighted by Gasteiger charge is 2.21. The number of aromatic amines is 1. The van der Waals surface area contributed by atoms with Gasteiger partial charge < -0.3 is 16.5 Å². The summed E-state index contributed by atoms with van der Waals surface area (Å²) in [5, 5.41) is 0. The summed E-state index contributed by atoms with van der Waals surface area (Å²) in [6, 6.07) is 1.23. The summed E-state index contributed by atoms with van der Waals surface area (Å²) in [6.45, 7) is 3.72. The summed E-state index contributed by atoms with van der Waals surface area (Å²) in [7, 11) is 0. The maximum absolute atomic E-state index is 11.0. The molecule has 5 nitrogen and oxygen atoms in total. The second-order valence-corrected chi connectivity index (χ2v) is 3.29. The van der Waals surface area contributed by atoms with E-state index in [4.69, 9.17) is 11.5 Å². The zero-order valence-electron chi connectivity index (χ0n) is 7.79. The fourth-order valence-corrected chi connectivity index (χ4v) is 0.914. The van der Waals surface area contributed by atoms with Crippen LogP contribution in [0.3, 0.4) is 0 Å². The highest BCUT2D eigenvalue weighted by atomic mass is 16.1. The first-order chi connectivity index (χ1) is 5.95. The Kier molecular flexibility index (Phi) is 2.38. The summed E-state index contributed by atoms with van der Waals surface area (Å²) < 4.78 is 0. The highest BCUT2D eigenvalue weighted by molar-refractivity contribution is 5.26. The zero-order valence-corrected chi connectivity index (χ0v) is 7.79. The first-order valence-corrected chi connectivity index (χ1v) is 4.12. The summed E-state index contributed by atoms with van der Waals surface area (Å²) in [5.74, 6) is 0.629. The highest BCUT2D eigenvalue weighted by Crippen LogP contribution is 2.15. The van der Waals surface area contributed by atoms with Gasteiger partial charge in [0.1, 0.15) is 11.6 Å². The van der Waals surface area contributed by atoms with Crippen molar-refractivity contribution in [3.05, 3.63) is 22.2 Å². The van der Waals surface area contributed by atoms with Crippen molar-refractivity contribution in [1.82, 2.24) is 9.97 Å². The van der Waals surface area contributed by atoms with E-state index in [0.717, 1.165) is 0 Å². The van der Waals surface area contributed by atoms with Crippen molar-refractivity contribution in [2.24, 2.45) is 5.73 Å². The molecule has 72 valence electrons. The molecule has 13 heavy (non-hydrogen) atoms. The number of anilines is 1. The second kappa shape index (κ2) is 3.18. The van der Waals surface area contributed by atoms with E-state index in [1.807, 2.05) is 6.92 Å². The molecule has 1 aromatic rings. The Morgan fingerprint density at radius 3 is 2.77 bits per heavy atom. The minimum Gasteiger partial charge on any atom is -0.383 e. The molecule has 0 radical (unpaired) electrons. The molecule has 0 amide bonds. The van der Waals surface area contributed by atoms with Gasteiger partial charge in [-0.1, -0.05) is 6.92 Å². The standard InChI is InChI=1S/C8H14N4O/c1-3-8(2,10)7-11-5(9)4-6(13)12-7/h4H,3,10H2,1-2H3,(H3,9,11,12,13)/t8-/m0/s1. The molecule has 0 aliphatic carbocycles. The first-order valence-electron chi connectivity index (χ1n) is 4.12. The summed E-state index contributed by atoms with van der Waals surface area (Å²) in [5.41, 5.74) is 10.4. The third-order valence-corrected chi connectivity index (χ3v) is 2.04. The van der Waals surface area contributed by atoms with Crippen LogP contribution in [0, 0.1) is 0 Å². The van der Waals surface area contributed by atoms with Gasteiger partial charge in [0, 0.05) is 6.07 Å². The van der Waals surface area contributed by atoms with Gasteiger partial charge in [0.05, 0.1) is 5.54 Å². The third kappa shape index (κ3) is 2.06. The van der Waals surface area contributed by atoms with E-state index in [9.17, 15) is 4.79 Å². The molecule has 0 aliphatic rings. The molecule has 0 bridgehead atoms. The Morgan fingerprint density at radius 2 is 2.31 bits per heavy atom. The second-order valence-electron chi connectivity index (χ2n) is 3.29. The monoisotopic (exact) mass is 182 g/mol. The number of nitrogens with two attached hydrogens (primary N) is 2. The van der Waals surface area contributed by atoms with Gasteiger partial charge in [-0.05, 0) is 13.3 Å². The maximum atomic E-state index is 11.0. The van der Waals surface area contributed by atoms with E-state index in [2.05, 4.69) is 9.97 Å². The maximum Gasteiger partial charge on any atom is 0.253 e. The molecule has 0 aromatic carbocycles. The fraction of sp³-hybridized carbons (Fsp3) is 0.500. The van der Waals surface area contributed by atoms with Crippen molar-refractivity contribution < 1.29 is 0 Å². The third-order valence-electron chi connectivity index (χ3n) is 2.04. The molecule has 1 heterocycles. The molecular weight excluding hydrogens is 168 g/mol. The van der Waals surface area contributed by atoms with Crippen LogP contribution in [-0.2, 0) is 5.54 Å². The van der Waals surface area contributed by atoms with Crippen molar-refractivity contribution in [2.75, 3.05) is 5.73 Å². The Balaban J connectivity index is 3.23. The van der Waals surface area contributed by atoms with Gasteiger partial charge >= 0.3 is 0 Å². The van der Waals surface area contributed by atoms with Crippen LogP contribution in [0.2, 0.25) is 0 Å². The average Bonchev–Trinajstić information content (AvgIpc) is 2.02. The van der Waals surface area contributed by atoms with E-state index in [0.29, 0.717) is 12.2 Å². The summed E-state index contributed by atoms with van der Waals surface area (Å²) >= 11 is 0. The Labute approximate surface area is 76.2 Å². The lowest BCUT2D eigenvalue weighted by molar-refractivity contribution is 0.444. The normalized spacial score (nSPS) is 15.3. The average molecular weight is 182 g/mol. The van der Waals surface area contributed by atoms with Gasteiger partial charge in [-0.3, -0.25) is 4.79 Å². The molecule has 1 aromatic heterocycles. The molecule has 0 aliphatic heterocycles. The van der Waals surface area contributed by atoms with E-state index >= 15 is 0 Å². The van der Waals surface area contributed by atoms with Crippen LogP contribution in [0.4, 0.5) is 5.82 Å². The van der Waals surface area contributed by atoms with Gasteiger partial charge in [0.15, 0.2) is 0 Å². The number of nitrogen functional groups attached to an aromatic ring is 1. The number of hydrogen-bond donors (Lipinski definition) is 3. The van der Waals surface area contributed by atoms with Gasteiger partial charge in [-0.2, -0.15) is 0 Å². The van der Waals surface area contributed by atoms with Crippen molar-refractivity contribution in [3.63, 3.8) is 0 Å². The number of aromatic nitrogens is 2. The minimum absolute atomic E-state index is 0.198. The van der Waals surface area contributed by atoms with E-state index in [1.165, 1.54) is 6.07 Å². The van der Waals surface area contributed by atoms with E-state index < -0.39 is 5.54 Å². The predicted molar refractivity (Wildman–Crippen MR) is 51.1 cm³/mol. The van der Waals surface area contributed by atoms with Crippen molar-refractivity contribution in [1.29, 1.82) is 0 Å². The Hall–Kier alpha value is -1.36. The number of nitrogens with zero attached hydrogens (tertiary/aromatic N) is 1. The number of H-pyrrole nitrogens is 1. The van der Waals surface area contributed by atoms with Crippen LogP contribution in [0.15, 0.2) is 10.9 Å². The Morgan fingerprint density at radius 1 is 1.69 bits per heavy atom. The minimum atomic E-state index is -0.630. The van der Waals surface area contributed by atoms with E-state index in [1.54, 1.807) is 6.92 Å². The zero-order chi connectivity index (χ0) is 10.1.